The standard InChI is InChI=1S/C19H24N2OS/c1-19(2,3)15-7-5-14(6-8-15)13-23-18(20)21-16-9-11-17(22-4)12-10-16/h5-12H,13H2,1-4H3,(H2,20,21). The van der Waals surface area contributed by atoms with E-state index in [9.17, 15) is 0 Å². The minimum absolute atomic E-state index is 0.181. The Bertz CT molecular complexity index is 655. The number of nitrogens with zero attached hydrogens (tertiary/aromatic N) is 1. The Morgan fingerprint density at radius 2 is 1.65 bits per heavy atom. The van der Waals surface area contributed by atoms with Crippen molar-refractivity contribution in [3.05, 3.63) is 59.7 Å². The smallest absolute Gasteiger partial charge is 0.159 e. The first kappa shape index (κ1) is 17.4. The Morgan fingerprint density at radius 3 is 2.17 bits per heavy atom. The van der Waals surface area contributed by atoms with Crippen molar-refractivity contribution in [2.24, 2.45) is 10.7 Å². The zero-order chi connectivity index (χ0) is 16.9. The molecule has 122 valence electrons. The Balaban J connectivity index is 1.95. The van der Waals surface area contributed by atoms with Gasteiger partial charge in [0.05, 0.1) is 12.8 Å². The third kappa shape index (κ3) is 5.32. The topological polar surface area (TPSA) is 47.6 Å². The van der Waals surface area contributed by atoms with Crippen molar-refractivity contribution in [3.8, 4) is 5.75 Å². The van der Waals surface area contributed by atoms with Crippen molar-refractivity contribution >= 4 is 22.6 Å². The lowest BCUT2D eigenvalue weighted by atomic mass is 9.87. The third-order valence-electron chi connectivity index (χ3n) is 3.52. The molecule has 2 N–H and O–H groups in total. The number of methoxy groups -OCH3 is 1. The lowest BCUT2D eigenvalue weighted by Gasteiger charge is -2.19. The molecule has 2 aromatic rings. The highest BCUT2D eigenvalue weighted by molar-refractivity contribution is 8.13. The first-order valence-corrected chi connectivity index (χ1v) is 8.57. The molecule has 0 unspecified atom stereocenters. The van der Waals surface area contributed by atoms with E-state index in [0.717, 1.165) is 17.2 Å². The zero-order valence-corrected chi connectivity index (χ0v) is 15.0. The molecule has 0 fully saturated rings. The quantitative estimate of drug-likeness (QED) is 0.643. The van der Waals surface area contributed by atoms with E-state index in [2.05, 4.69) is 50.0 Å². The fraction of sp³-hybridized carbons (Fsp3) is 0.316. The minimum atomic E-state index is 0.181. The number of nitrogens with two attached hydrogens (primary N) is 1. The van der Waals surface area contributed by atoms with Crippen LogP contribution in [0.2, 0.25) is 0 Å². The summed E-state index contributed by atoms with van der Waals surface area (Å²) < 4.78 is 5.13. The molecule has 0 saturated heterocycles. The van der Waals surface area contributed by atoms with Gasteiger partial charge in [-0.25, -0.2) is 4.99 Å². The predicted octanol–water partition coefficient (Wildman–Crippen LogP) is 4.87. The van der Waals surface area contributed by atoms with Crippen LogP contribution in [0.5, 0.6) is 5.75 Å². The highest BCUT2D eigenvalue weighted by Gasteiger charge is 2.12. The molecule has 0 saturated carbocycles. The van der Waals surface area contributed by atoms with Gasteiger partial charge in [-0.3, -0.25) is 0 Å². The molecular formula is C19H24N2OS. The summed E-state index contributed by atoms with van der Waals surface area (Å²) in [6, 6.07) is 16.2. The van der Waals surface area contributed by atoms with Gasteiger partial charge in [-0.15, -0.1) is 0 Å². The molecule has 0 aliphatic carbocycles. The molecule has 0 radical (unpaired) electrons. The SMILES string of the molecule is COc1ccc(N=C(N)SCc2ccc(C(C)(C)C)cc2)cc1. The van der Waals surface area contributed by atoms with E-state index in [1.165, 1.54) is 11.1 Å². The summed E-state index contributed by atoms with van der Waals surface area (Å²) in [6.45, 7) is 6.66. The van der Waals surface area contributed by atoms with Crippen LogP contribution in [0.4, 0.5) is 5.69 Å². The number of amidine groups is 1. The van der Waals surface area contributed by atoms with Crippen LogP contribution in [0, 0.1) is 0 Å². The second kappa shape index (κ2) is 7.55. The highest BCUT2D eigenvalue weighted by Crippen LogP contribution is 2.24. The number of aliphatic imine (C=N–C) groups is 1. The van der Waals surface area contributed by atoms with Gasteiger partial charge < -0.3 is 10.5 Å². The van der Waals surface area contributed by atoms with E-state index in [4.69, 9.17) is 10.5 Å². The summed E-state index contributed by atoms with van der Waals surface area (Å²) in [4.78, 5) is 4.41. The van der Waals surface area contributed by atoms with E-state index in [1.54, 1.807) is 18.9 Å². The first-order chi connectivity index (χ1) is 10.9. The lowest BCUT2D eigenvalue weighted by molar-refractivity contribution is 0.415. The van der Waals surface area contributed by atoms with Crippen molar-refractivity contribution in [2.45, 2.75) is 31.9 Å². The summed E-state index contributed by atoms with van der Waals surface area (Å²) in [5, 5.41) is 0.565. The maximum absolute atomic E-state index is 6.00. The van der Waals surface area contributed by atoms with Crippen LogP contribution in [0.1, 0.15) is 31.9 Å². The molecule has 0 aliphatic heterocycles. The fourth-order valence-corrected chi connectivity index (χ4v) is 2.75. The molecule has 0 bridgehead atoms. The number of benzene rings is 2. The maximum atomic E-state index is 6.00. The molecule has 0 aliphatic rings. The summed E-state index contributed by atoms with van der Waals surface area (Å²) in [5.74, 6) is 1.63. The molecule has 0 spiro atoms. The number of thioether (sulfide) groups is 1. The Labute approximate surface area is 143 Å². The Kier molecular flexibility index (Phi) is 5.72. The van der Waals surface area contributed by atoms with Gasteiger partial charge in [-0.2, -0.15) is 0 Å². The summed E-state index contributed by atoms with van der Waals surface area (Å²) in [6.07, 6.45) is 0. The molecule has 0 atom stereocenters. The van der Waals surface area contributed by atoms with Crippen LogP contribution in [-0.2, 0) is 11.2 Å². The van der Waals surface area contributed by atoms with Crippen LogP contribution in [0.25, 0.3) is 0 Å². The number of hydrogen-bond acceptors (Lipinski definition) is 3. The first-order valence-electron chi connectivity index (χ1n) is 7.59. The van der Waals surface area contributed by atoms with Crippen molar-refractivity contribution in [1.29, 1.82) is 0 Å². The molecule has 23 heavy (non-hydrogen) atoms. The Hall–Kier alpha value is -1.94. The molecule has 4 heteroatoms. The normalized spacial score (nSPS) is 12.3. The molecule has 2 aromatic carbocycles. The predicted molar refractivity (Wildman–Crippen MR) is 101 cm³/mol. The number of ether oxygens (including phenoxy) is 1. The highest BCUT2D eigenvalue weighted by atomic mass is 32.2. The largest absolute Gasteiger partial charge is 0.497 e. The number of hydrogen-bond donors (Lipinski definition) is 1. The molecule has 0 amide bonds. The van der Waals surface area contributed by atoms with E-state index in [1.807, 2.05) is 24.3 Å². The van der Waals surface area contributed by atoms with Crippen molar-refractivity contribution in [2.75, 3.05) is 7.11 Å². The minimum Gasteiger partial charge on any atom is -0.497 e. The van der Waals surface area contributed by atoms with Gasteiger partial charge in [0.25, 0.3) is 0 Å². The molecular weight excluding hydrogens is 304 g/mol. The van der Waals surface area contributed by atoms with Gasteiger partial charge in [-0.1, -0.05) is 56.8 Å². The van der Waals surface area contributed by atoms with Gasteiger partial charge in [-0.05, 0) is 40.8 Å². The van der Waals surface area contributed by atoms with Gasteiger partial charge in [0.1, 0.15) is 5.75 Å². The third-order valence-corrected chi connectivity index (χ3v) is 4.38. The molecule has 0 heterocycles. The van der Waals surface area contributed by atoms with Gasteiger partial charge >= 0.3 is 0 Å². The average molecular weight is 328 g/mol. The van der Waals surface area contributed by atoms with Gasteiger partial charge in [0.15, 0.2) is 5.17 Å². The van der Waals surface area contributed by atoms with E-state index in [-0.39, 0.29) is 5.41 Å². The average Bonchev–Trinajstić information content (AvgIpc) is 2.53. The second-order valence-corrected chi connectivity index (χ2v) is 7.38. The zero-order valence-electron chi connectivity index (χ0n) is 14.2. The summed E-state index contributed by atoms with van der Waals surface area (Å²) in [5.41, 5.74) is 9.60. The number of rotatable bonds is 4. The summed E-state index contributed by atoms with van der Waals surface area (Å²) >= 11 is 1.54. The fourth-order valence-electron chi connectivity index (χ4n) is 2.07. The van der Waals surface area contributed by atoms with E-state index < -0.39 is 0 Å². The molecule has 3 nitrogen and oxygen atoms in total. The van der Waals surface area contributed by atoms with Gasteiger partial charge in [0, 0.05) is 5.75 Å². The van der Waals surface area contributed by atoms with Crippen LogP contribution in [0.15, 0.2) is 53.5 Å². The molecule has 0 aromatic heterocycles. The maximum Gasteiger partial charge on any atom is 0.159 e. The summed E-state index contributed by atoms with van der Waals surface area (Å²) in [7, 11) is 1.65. The Morgan fingerprint density at radius 1 is 1.04 bits per heavy atom. The lowest BCUT2D eigenvalue weighted by Crippen LogP contribution is -2.10. The van der Waals surface area contributed by atoms with Crippen LogP contribution < -0.4 is 10.5 Å². The van der Waals surface area contributed by atoms with Crippen molar-refractivity contribution < 1.29 is 4.74 Å². The van der Waals surface area contributed by atoms with Gasteiger partial charge in [0.2, 0.25) is 0 Å². The van der Waals surface area contributed by atoms with Crippen molar-refractivity contribution in [3.63, 3.8) is 0 Å². The second-order valence-electron chi connectivity index (χ2n) is 6.38. The van der Waals surface area contributed by atoms with Crippen molar-refractivity contribution in [1.82, 2.24) is 0 Å². The monoisotopic (exact) mass is 328 g/mol. The van der Waals surface area contributed by atoms with Crippen LogP contribution in [-0.4, -0.2) is 12.3 Å². The van der Waals surface area contributed by atoms with E-state index >= 15 is 0 Å². The van der Waals surface area contributed by atoms with Crippen LogP contribution >= 0.6 is 11.8 Å². The van der Waals surface area contributed by atoms with E-state index in [0.29, 0.717) is 5.17 Å². The molecule has 2 rings (SSSR count). The van der Waals surface area contributed by atoms with Crippen LogP contribution in [0.3, 0.4) is 0 Å².